The summed E-state index contributed by atoms with van der Waals surface area (Å²) in [5.74, 6) is 0.758. The van der Waals surface area contributed by atoms with Crippen LogP contribution in [0, 0.1) is 5.92 Å². The number of rotatable bonds is 6. The van der Waals surface area contributed by atoms with Crippen molar-refractivity contribution in [3.05, 3.63) is 65.2 Å². The van der Waals surface area contributed by atoms with Crippen molar-refractivity contribution in [3.8, 4) is 5.75 Å². The number of piperidine rings is 1. The summed E-state index contributed by atoms with van der Waals surface area (Å²) in [5, 5.41) is 10.6. The Hall–Kier alpha value is -2.66. The molecule has 1 aliphatic heterocycles. The third kappa shape index (κ3) is 4.60. The molecule has 28 heavy (non-hydrogen) atoms. The van der Waals surface area contributed by atoms with E-state index in [1.54, 1.807) is 25.3 Å². The zero-order valence-electron chi connectivity index (χ0n) is 16.4. The van der Waals surface area contributed by atoms with Crippen LogP contribution in [0.15, 0.2) is 48.5 Å². The number of aliphatic hydroxyl groups excluding tert-OH is 1. The van der Waals surface area contributed by atoms with Crippen LogP contribution in [0.25, 0.3) is 0 Å². The zero-order valence-corrected chi connectivity index (χ0v) is 16.4. The summed E-state index contributed by atoms with van der Waals surface area (Å²) >= 11 is 0. The van der Waals surface area contributed by atoms with Gasteiger partial charge in [-0.25, -0.2) is 0 Å². The normalized spacial score (nSPS) is 15.9. The highest BCUT2D eigenvalue weighted by molar-refractivity contribution is 5.94. The van der Waals surface area contributed by atoms with E-state index in [0.717, 1.165) is 24.0 Å². The molecule has 1 fully saturated rings. The van der Waals surface area contributed by atoms with E-state index in [0.29, 0.717) is 24.4 Å². The summed E-state index contributed by atoms with van der Waals surface area (Å²) in [6.45, 7) is 2.76. The predicted molar refractivity (Wildman–Crippen MR) is 107 cm³/mol. The fraction of sp³-hybridized carbons (Fsp3) is 0.391. The van der Waals surface area contributed by atoms with E-state index in [-0.39, 0.29) is 24.0 Å². The van der Waals surface area contributed by atoms with Crippen LogP contribution < -0.4 is 4.74 Å². The predicted octanol–water partition coefficient (Wildman–Crippen LogP) is 3.41. The Morgan fingerprint density at radius 3 is 2.43 bits per heavy atom. The first-order valence-corrected chi connectivity index (χ1v) is 9.68. The lowest BCUT2D eigenvalue weighted by molar-refractivity contribution is -0.132. The third-order valence-electron chi connectivity index (χ3n) is 5.51. The van der Waals surface area contributed by atoms with Gasteiger partial charge in [-0.2, -0.15) is 0 Å². The van der Waals surface area contributed by atoms with Gasteiger partial charge in [0.15, 0.2) is 5.78 Å². The van der Waals surface area contributed by atoms with Crippen molar-refractivity contribution in [3.63, 3.8) is 0 Å². The number of ether oxygens (including phenoxy) is 1. The highest BCUT2D eigenvalue weighted by Gasteiger charge is 2.28. The van der Waals surface area contributed by atoms with Crippen LogP contribution in [-0.2, 0) is 11.2 Å². The molecule has 1 unspecified atom stereocenters. The van der Waals surface area contributed by atoms with Gasteiger partial charge in [-0.3, -0.25) is 9.59 Å². The molecule has 1 N–H and O–H groups in total. The number of hydrogen-bond donors (Lipinski definition) is 1. The van der Waals surface area contributed by atoms with Gasteiger partial charge >= 0.3 is 0 Å². The Morgan fingerprint density at radius 2 is 1.82 bits per heavy atom. The SMILES string of the molecule is COc1ccc(C(C)=O)cc1CC(=O)N1CCC(C(O)c2ccccc2)CC1. The number of aliphatic hydroxyl groups is 1. The maximum atomic E-state index is 12.8. The lowest BCUT2D eigenvalue weighted by atomic mass is 9.87. The number of carbonyl (C=O) groups is 2. The minimum absolute atomic E-state index is 0.0200. The molecule has 0 saturated carbocycles. The molecule has 148 valence electrons. The van der Waals surface area contributed by atoms with Crippen molar-refractivity contribution in [1.29, 1.82) is 0 Å². The smallest absolute Gasteiger partial charge is 0.227 e. The van der Waals surface area contributed by atoms with E-state index in [1.165, 1.54) is 6.92 Å². The van der Waals surface area contributed by atoms with Gasteiger partial charge < -0.3 is 14.7 Å². The van der Waals surface area contributed by atoms with Crippen LogP contribution in [0.5, 0.6) is 5.75 Å². The monoisotopic (exact) mass is 381 g/mol. The molecule has 1 aliphatic rings. The number of ketones is 1. The molecule has 1 heterocycles. The minimum Gasteiger partial charge on any atom is -0.496 e. The Bertz CT molecular complexity index is 826. The average molecular weight is 381 g/mol. The molecule has 1 amide bonds. The van der Waals surface area contributed by atoms with E-state index >= 15 is 0 Å². The molecule has 5 nitrogen and oxygen atoms in total. The molecule has 0 aliphatic carbocycles. The second-order valence-corrected chi connectivity index (χ2v) is 7.33. The van der Waals surface area contributed by atoms with Crippen molar-refractivity contribution in [2.45, 2.75) is 32.3 Å². The second kappa shape index (κ2) is 9.02. The van der Waals surface area contributed by atoms with Crippen molar-refractivity contribution in [2.75, 3.05) is 20.2 Å². The molecule has 1 saturated heterocycles. The standard InChI is InChI=1S/C23H27NO4/c1-16(25)19-8-9-21(28-2)20(14-19)15-22(26)24-12-10-18(11-13-24)23(27)17-6-4-3-5-7-17/h3-9,14,18,23,27H,10-13,15H2,1-2H3. The average Bonchev–Trinajstić information content (AvgIpc) is 2.73. The summed E-state index contributed by atoms with van der Waals surface area (Å²) < 4.78 is 5.35. The number of benzene rings is 2. The van der Waals surface area contributed by atoms with Gasteiger partial charge in [0.1, 0.15) is 5.75 Å². The van der Waals surface area contributed by atoms with Crippen LogP contribution >= 0.6 is 0 Å². The van der Waals surface area contributed by atoms with Crippen molar-refractivity contribution < 1.29 is 19.4 Å². The molecule has 3 rings (SSSR count). The maximum absolute atomic E-state index is 12.8. The van der Waals surface area contributed by atoms with E-state index in [1.807, 2.05) is 35.2 Å². The molecule has 0 aromatic heterocycles. The van der Waals surface area contributed by atoms with E-state index in [2.05, 4.69) is 0 Å². The van der Waals surface area contributed by atoms with Crippen LogP contribution in [0.2, 0.25) is 0 Å². The van der Waals surface area contributed by atoms with Crippen molar-refractivity contribution in [1.82, 2.24) is 4.90 Å². The first kappa shape index (κ1) is 20.1. The van der Waals surface area contributed by atoms with Crippen LogP contribution in [-0.4, -0.2) is 41.9 Å². The fourth-order valence-corrected chi connectivity index (χ4v) is 3.80. The van der Waals surface area contributed by atoms with Crippen LogP contribution in [0.4, 0.5) is 0 Å². The van der Waals surface area contributed by atoms with Gasteiger partial charge in [-0.05, 0) is 49.4 Å². The van der Waals surface area contributed by atoms with E-state index < -0.39 is 6.10 Å². The molecule has 0 spiro atoms. The van der Waals surface area contributed by atoms with Gasteiger partial charge in [0, 0.05) is 24.2 Å². The molecule has 5 heteroatoms. The third-order valence-corrected chi connectivity index (χ3v) is 5.51. The first-order chi connectivity index (χ1) is 13.5. The molecular weight excluding hydrogens is 354 g/mol. The number of amides is 1. The lowest BCUT2D eigenvalue weighted by Gasteiger charge is -2.34. The Morgan fingerprint density at radius 1 is 1.14 bits per heavy atom. The molecule has 1 atom stereocenters. The Labute approximate surface area is 165 Å². The largest absolute Gasteiger partial charge is 0.496 e. The van der Waals surface area contributed by atoms with E-state index in [9.17, 15) is 14.7 Å². The number of nitrogens with zero attached hydrogens (tertiary/aromatic N) is 1. The molecular formula is C23H27NO4. The number of methoxy groups -OCH3 is 1. The summed E-state index contributed by atoms with van der Waals surface area (Å²) in [7, 11) is 1.56. The topological polar surface area (TPSA) is 66.8 Å². The number of carbonyl (C=O) groups excluding carboxylic acids is 2. The quantitative estimate of drug-likeness (QED) is 0.779. The highest BCUT2D eigenvalue weighted by Crippen LogP contribution is 2.31. The number of likely N-dealkylation sites (tertiary alicyclic amines) is 1. The minimum atomic E-state index is -0.495. The Balaban J connectivity index is 1.61. The Kier molecular flexibility index (Phi) is 6.47. The van der Waals surface area contributed by atoms with E-state index in [4.69, 9.17) is 4.74 Å². The molecule has 2 aromatic carbocycles. The molecule has 0 radical (unpaired) electrons. The van der Waals surface area contributed by atoms with Gasteiger partial charge in [0.05, 0.1) is 19.6 Å². The maximum Gasteiger partial charge on any atom is 0.227 e. The number of hydrogen-bond acceptors (Lipinski definition) is 4. The molecule has 0 bridgehead atoms. The summed E-state index contributed by atoms with van der Waals surface area (Å²) in [4.78, 5) is 26.3. The summed E-state index contributed by atoms with van der Waals surface area (Å²) in [5.41, 5.74) is 2.23. The van der Waals surface area contributed by atoms with Crippen molar-refractivity contribution in [2.24, 2.45) is 5.92 Å². The number of Topliss-reactive ketones (excluding diaryl/α,β-unsaturated/α-hetero) is 1. The first-order valence-electron chi connectivity index (χ1n) is 9.68. The lowest BCUT2D eigenvalue weighted by Crippen LogP contribution is -2.40. The highest BCUT2D eigenvalue weighted by atomic mass is 16.5. The van der Waals surface area contributed by atoms with Gasteiger partial charge in [-0.15, -0.1) is 0 Å². The zero-order chi connectivity index (χ0) is 20.1. The van der Waals surface area contributed by atoms with Crippen LogP contribution in [0.3, 0.4) is 0 Å². The summed E-state index contributed by atoms with van der Waals surface area (Å²) in [6.07, 6.45) is 1.25. The molecule has 2 aromatic rings. The second-order valence-electron chi connectivity index (χ2n) is 7.33. The van der Waals surface area contributed by atoms with Crippen molar-refractivity contribution >= 4 is 11.7 Å². The van der Waals surface area contributed by atoms with Gasteiger partial charge in [-0.1, -0.05) is 30.3 Å². The van der Waals surface area contributed by atoms with Gasteiger partial charge in [0.25, 0.3) is 0 Å². The van der Waals surface area contributed by atoms with Gasteiger partial charge in [0.2, 0.25) is 5.91 Å². The van der Waals surface area contributed by atoms with Crippen LogP contribution in [0.1, 0.15) is 47.4 Å². The summed E-state index contributed by atoms with van der Waals surface area (Å²) in [6, 6.07) is 14.9. The fourth-order valence-electron chi connectivity index (χ4n) is 3.80.